The van der Waals surface area contributed by atoms with Crippen LogP contribution in [0.1, 0.15) is 19.5 Å². The first-order chi connectivity index (χ1) is 10.3. The second kappa shape index (κ2) is 8.50. The predicted molar refractivity (Wildman–Crippen MR) is 80.5 cm³/mol. The summed E-state index contributed by atoms with van der Waals surface area (Å²) in [5.74, 6) is -3.65. The van der Waals surface area contributed by atoms with Crippen LogP contribution in [0.2, 0.25) is 0 Å². The highest BCUT2D eigenvalue weighted by Crippen LogP contribution is 2.09. The number of hydrogen-bond donors (Lipinski definition) is 2. The van der Waals surface area contributed by atoms with Crippen molar-refractivity contribution in [3.8, 4) is 0 Å². The van der Waals surface area contributed by atoms with Crippen LogP contribution >= 0.6 is 0 Å². The number of aliphatic carboxylic acids is 2. The molecule has 1 aliphatic rings. The zero-order chi connectivity index (χ0) is 16.7. The van der Waals surface area contributed by atoms with Crippen molar-refractivity contribution in [2.24, 2.45) is 7.05 Å². The minimum absolute atomic E-state index is 0.679. The molecule has 8 nitrogen and oxygen atoms in total. The lowest BCUT2D eigenvalue weighted by Gasteiger charge is -2.36. The quantitative estimate of drug-likeness (QED) is 0.764. The lowest BCUT2D eigenvalue weighted by Crippen LogP contribution is -2.48. The highest BCUT2D eigenvalue weighted by Gasteiger charge is 2.19. The van der Waals surface area contributed by atoms with Gasteiger partial charge < -0.3 is 14.8 Å². The second-order valence-corrected chi connectivity index (χ2v) is 5.51. The van der Waals surface area contributed by atoms with Crippen molar-refractivity contribution in [2.75, 3.05) is 26.2 Å². The van der Waals surface area contributed by atoms with E-state index in [2.05, 4.69) is 40.2 Å². The van der Waals surface area contributed by atoms with Crippen molar-refractivity contribution >= 4 is 11.9 Å². The molecule has 2 heterocycles. The second-order valence-electron chi connectivity index (χ2n) is 5.51. The Hall–Kier alpha value is -1.93. The molecule has 0 atom stereocenters. The van der Waals surface area contributed by atoms with Crippen molar-refractivity contribution in [1.29, 1.82) is 0 Å². The summed E-state index contributed by atoms with van der Waals surface area (Å²) in [5.41, 5.74) is 1.30. The third kappa shape index (κ3) is 5.82. The van der Waals surface area contributed by atoms with E-state index in [9.17, 15) is 0 Å². The zero-order valence-corrected chi connectivity index (χ0v) is 13.3. The lowest BCUT2D eigenvalue weighted by atomic mass is 10.2. The summed E-state index contributed by atoms with van der Waals surface area (Å²) in [4.78, 5) is 27.4. The summed E-state index contributed by atoms with van der Waals surface area (Å²) in [7, 11) is 2.06. The predicted octanol–water partition coefficient (Wildman–Crippen LogP) is 0.102. The molecule has 1 aliphatic heterocycles. The Labute approximate surface area is 130 Å². The molecule has 0 unspecified atom stereocenters. The monoisotopic (exact) mass is 312 g/mol. The minimum Gasteiger partial charge on any atom is -0.473 e. The smallest absolute Gasteiger partial charge is 0.414 e. The normalized spacial score (nSPS) is 16.2. The number of imidazole rings is 1. The summed E-state index contributed by atoms with van der Waals surface area (Å²) in [6.07, 6.45) is 3.84. The van der Waals surface area contributed by atoms with Crippen LogP contribution in [0.5, 0.6) is 0 Å². The molecule has 0 aromatic carbocycles. The van der Waals surface area contributed by atoms with E-state index in [4.69, 9.17) is 19.8 Å². The number of rotatable bonds is 3. The molecule has 0 bridgehead atoms. The van der Waals surface area contributed by atoms with Gasteiger partial charge >= 0.3 is 11.9 Å². The topological polar surface area (TPSA) is 98.9 Å². The van der Waals surface area contributed by atoms with Gasteiger partial charge in [0.1, 0.15) is 0 Å². The fourth-order valence-corrected chi connectivity index (χ4v) is 2.20. The van der Waals surface area contributed by atoms with Gasteiger partial charge in [0, 0.05) is 52.0 Å². The molecule has 1 aromatic heterocycles. The molecule has 0 aliphatic carbocycles. The SMILES string of the molecule is CC(C)N1CCN(Cc2cncn2C)CC1.O=C(O)C(=O)O. The van der Waals surface area contributed by atoms with Crippen LogP contribution in [0, 0.1) is 0 Å². The summed E-state index contributed by atoms with van der Waals surface area (Å²) >= 11 is 0. The van der Waals surface area contributed by atoms with E-state index in [1.54, 1.807) is 0 Å². The first-order valence-electron chi connectivity index (χ1n) is 7.19. The minimum atomic E-state index is -1.82. The standard InChI is InChI=1S/C12H22N4.C2H2O4/c1-11(2)16-6-4-15(5-7-16)9-12-8-13-10-14(12)3;3-1(4)2(5)6/h8,10-11H,4-7,9H2,1-3H3;(H,3,4)(H,5,6). The maximum absolute atomic E-state index is 9.10. The Morgan fingerprint density at radius 3 is 2.09 bits per heavy atom. The Bertz CT molecular complexity index is 481. The lowest BCUT2D eigenvalue weighted by molar-refractivity contribution is -0.159. The van der Waals surface area contributed by atoms with Crippen molar-refractivity contribution in [1.82, 2.24) is 19.4 Å². The first kappa shape index (κ1) is 18.1. The van der Waals surface area contributed by atoms with Crippen molar-refractivity contribution in [3.05, 3.63) is 18.2 Å². The van der Waals surface area contributed by atoms with Crippen LogP contribution in [-0.4, -0.2) is 73.7 Å². The largest absolute Gasteiger partial charge is 0.473 e. The Morgan fingerprint density at radius 1 is 1.18 bits per heavy atom. The van der Waals surface area contributed by atoms with E-state index < -0.39 is 11.9 Å². The Kier molecular flexibility index (Phi) is 7.00. The summed E-state index contributed by atoms with van der Waals surface area (Å²) in [6.45, 7) is 10.3. The third-order valence-electron chi connectivity index (χ3n) is 3.62. The summed E-state index contributed by atoms with van der Waals surface area (Å²) in [6, 6.07) is 0.679. The molecule has 124 valence electrons. The van der Waals surface area contributed by atoms with E-state index in [0.717, 1.165) is 6.54 Å². The molecule has 1 fully saturated rings. The number of piperazine rings is 1. The van der Waals surface area contributed by atoms with Gasteiger partial charge in [-0.3, -0.25) is 9.80 Å². The van der Waals surface area contributed by atoms with Gasteiger partial charge in [0.05, 0.1) is 12.0 Å². The molecule has 0 spiro atoms. The zero-order valence-electron chi connectivity index (χ0n) is 13.3. The molecular weight excluding hydrogens is 288 g/mol. The number of carboxylic acids is 2. The molecule has 0 saturated carbocycles. The van der Waals surface area contributed by atoms with Crippen LogP contribution in [0.25, 0.3) is 0 Å². The third-order valence-corrected chi connectivity index (χ3v) is 3.62. The van der Waals surface area contributed by atoms with E-state index in [0.29, 0.717) is 6.04 Å². The van der Waals surface area contributed by atoms with E-state index >= 15 is 0 Å². The van der Waals surface area contributed by atoms with Gasteiger partial charge in [-0.15, -0.1) is 0 Å². The molecule has 8 heteroatoms. The average Bonchev–Trinajstić information content (AvgIpc) is 2.85. The van der Waals surface area contributed by atoms with E-state index in [1.807, 2.05) is 12.5 Å². The van der Waals surface area contributed by atoms with Gasteiger partial charge in [0.2, 0.25) is 0 Å². The molecule has 2 N–H and O–H groups in total. The van der Waals surface area contributed by atoms with Crippen molar-refractivity contribution in [3.63, 3.8) is 0 Å². The van der Waals surface area contributed by atoms with Crippen LogP contribution in [0.15, 0.2) is 12.5 Å². The van der Waals surface area contributed by atoms with Crippen molar-refractivity contribution < 1.29 is 19.8 Å². The highest BCUT2D eigenvalue weighted by molar-refractivity contribution is 6.27. The fourth-order valence-electron chi connectivity index (χ4n) is 2.20. The van der Waals surface area contributed by atoms with Gasteiger partial charge in [-0.25, -0.2) is 14.6 Å². The van der Waals surface area contributed by atoms with Gasteiger partial charge in [0.25, 0.3) is 0 Å². The van der Waals surface area contributed by atoms with Crippen LogP contribution < -0.4 is 0 Å². The molecule has 1 saturated heterocycles. The van der Waals surface area contributed by atoms with Gasteiger partial charge in [-0.05, 0) is 13.8 Å². The number of carbonyl (C=O) groups is 2. The number of aromatic nitrogens is 2. The Balaban J connectivity index is 0.000000346. The van der Waals surface area contributed by atoms with E-state index in [1.165, 1.54) is 31.9 Å². The molecule has 22 heavy (non-hydrogen) atoms. The van der Waals surface area contributed by atoms with Crippen LogP contribution in [0.4, 0.5) is 0 Å². The van der Waals surface area contributed by atoms with E-state index in [-0.39, 0.29) is 0 Å². The molecule has 1 aromatic rings. The van der Waals surface area contributed by atoms with Gasteiger partial charge in [-0.1, -0.05) is 0 Å². The highest BCUT2D eigenvalue weighted by atomic mass is 16.4. The number of hydrogen-bond acceptors (Lipinski definition) is 5. The van der Waals surface area contributed by atoms with Crippen LogP contribution in [-0.2, 0) is 23.2 Å². The first-order valence-corrected chi connectivity index (χ1v) is 7.19. The molecular formula is C14H24N4O4. The summed E-state index contributed by atoms with van der Waals surface area (Å²) in [5, 5.41) is 14.8. The molecule has 0 amide bonds. The molecule has 0 radical (unpaired) electrons. The Morgan fingerprint density at radius 2 is 1.73 bits per heavy atom. The number of aryl methyl sites for hydroxylation is 1. The number of carboxylic acid groups (broad SMARTS) is 2. The summed E-state index contributed by atoms with van der Waals surface area (Å²) < 4.78 is 2.11. The van der Waals surface area contributed by atoms with Crippen molar-refractivity contribution in [2.45, 2.75) is 26.4 Å². The van der Waals surface area contributed by atoms with Gasteiger partial charge in [-0.2, -0.15) is 0 Å². The average molecular weight is 312 g/mol. The number of nitrogens with zero attached hydrogens (tertiary/aromatic N) is 4. The van der Waals surface area contributed by atoms with Gasteiger partial charge in [0.15, 0.2) is 0 Å². The molecule has 2 rings (SSSR count). The maximum atomic E-state index is 9.10. The van der Waals surface area contributed by atoms with Crippen LogP contribution in [0.3, 0.4) is 0 Å². The fraction of sp³-hybridized carbons (Fsp3) is 0.643. The maximum Gasteiger partial charge on any atom is 0.414 e.